The molecular weight excluding hydrogens is 243 g/mol. The van der Waals surface area contributed by atoms with Gasteiger partial charge in [0, 0.05) is 24.7 Å². The number of hydrogen-bond acceptors (Lipinski definition) is 2. The predicted octanol–water partition coefficient (Wildman–Crippen LogP) is 2.48. The van der Waals surface area contributed by atoms with E-state index >= 15 is 0 Å². The number of halogens is 1. The first-order chi connectivity index (χ1) is 8.99. The summed E-state index contributed by atoms with van der Waals surface area (Å²) in [5.41, 5.74) is 6.84. The number of amides is 1. The molecule has 4 heteroatoms. The Hall–Kier alpha value is -1.42. The van der Waals surface area contributed by atoms with Crippen molar-refractivity contribution in [3.05, 3.63) is 35.1 Å². The molecule has 0 unspecified atom stereocenters. The number of nitrogens with zero attached hydrogens (tertiary/aromatic N) is 1. The fourth-order valence-electron chi connectivity index (χ4n) is 2.58. The van der Waals surface area contributed by atoms with Crippen LogP contribution in [0, 0.1) is 12.7 Å². The van der Waals surface area contributed by atoms with Gasteiger partial charge in [0.1, 0.15) is 5.82 Å². The molecule has 1 amide bonds. The Labute approximate surface area is 113 Å². The van der Waals surface area contributed by atoms with Gasteiger partial charge in [-0.2, -0.15) is 0 Å². The molecule has 1 aromatic carbocycles. The minimum absolute atomic E-state index is 0.112. The number of carbonyl (C=O) groups is 1. The third kappa shape index (κ3) is 3.13. The first kappa shape index (κ1) is 14.0. The van der Waals surface area contributed by atoms with Crippen molar-refractivity contribution in [2.24, 2.45) is 5.73 Å². The number of nitrogens with two attached hydrogens (primary N) is 1. The van der Waals surface area contributed by atoms with E-state index in [0.717, 1.165) is 25.7 Å². The van der Waals surface area contributed by atoms with Crippen LogP contribution in [0.25, 0.3) is 0 Å². The summed E-state index contributed by atoms with van der Waals surface area (Å²) in [5, 5.41) is 0. The van der Waals surface area contributed by atoms with Crippen molar-refractivity contribution in [3.63, 3.8) is 0 Å². The Morgan fingerprint density at radius 3 is 2.53 bits per heavy atom. The SMILES string of the molecule is Cc1ccc(C(=O)N(C)C2CCC(N)CC2)cc1F. The molecular formula is C15H21FN2O. The smallest absolute Gasteiger partial charge is 0.253 e. The van der Waals surface area contributed by atoms with Gasteiger partial charge in [0.25, 0.3) is 5.91 Å². The normalized spacial score (nSPS) is 23.2. The molecule has 19 heavy (non-hydrogen) atoms. The molecule has 0 saturated heterocycles. The van der Waals surface area contributed by atoms with E-state index in [4.69, 9.17) is 5.73 Å². The lowest BCUT2D eigenvalue weighted by molar-refractivity contribution is 0.0689. The lowest BCUT2D eigenvalue weighted by Gasteiger charge is -2.33. The van der Waals surface area contributed by atoms with E-state index in [1.807, 2.05) is 0 Å². The second kappa shape index (κ2) is 5.70. The third-order valence-corrected chi connectivity index (χ3v) is 4.03. The van der Waals surface area contributed by atoms with Gasteiger partial charge in [-0.1, -0.05) is 6.07 Å². The minimum atomic E-state index is -0.329. The molecule has 0 atom stereocenters. The van der Waals surface area contributed by atoms with Crippen LogP contribution in [0.2, 0.25) is 0 Å². The number of rotatable bonds is 2. The maximum absolute atomic E-state index is 13.5. The van der Waals surface area contributed by atoms with E-state index in [1.165, 1.54) is 6.07 Å². The molecule has 0 bridgehead atoms. The number of carbonyl (C=O) groups excluding carboxylic acids is 1. The van der Waals surface area contributed by atoms with Crippen LogP contribution >= 0.6 is 0 Å². The molecule has 1 fully saturated rings. The van der Waals surface area contributed by atoms with E-state index in [2.05, 4.69) is 0 Å². The zero-order valence-corrected chi connectivity index (χ0v) is 11.5. The summed E-state index contributed by atoms with van der Waals surface area (Å²) in [6.45, 7) is 1.69. The average Bonchev–Trinajstić information content (AvgIpc) is 2.41. The second-order valence-corrected chi connectivity index (χ2v) is 5.45. The Morgan fingerprint density at radius 1 is 1.32 bits per heavy atom. The summed E-state index contributed by atoms with van der Waals surface area (Å²) in [7, 11) is 1.79. The molecule has 1 aliphatic carbocycles. The monoisotopic (exact) mass is 264 g/mol. The summed E-state index contributed by atoms with van der Waals surface area (Å²) in [4.78, 5) is 14.0. The first-order valence-corrected chi connectivity index (χ1v) is 6.78. The van der Waals surface area contributed by atoms with Crippen LogP contribution in [-0.2, 0) is 0 Å². The van der Waals surface area contributed by atoms with Gasteiger partial charge in [0.05, 0.1) is 0 Å². The van der Waals surface area contributed by atoms with E-state index in [1.54, 1.807) is 31.0 Å². The quantitative estimate of drug-likeness (QED) is 0.892. The number of aryl methyl sites for hydroxylation is 1. The highest BCUT2D eigenvalue weighted by Crippen LogP contribution is 2.22. The summed E-state index contributed by atoms with van der Waals surface area (Å²) < 4.78 is 13.5. The van der Waals surface area contributed by atoms with Crippen molar-refractivity contribution in [2.75, 3.05) is 7.05 Å². The molecule has 1 saturated carbocycles. The molecule has 1 aliphatic rings. The Bertz CT molecular complexity index is 467. The molecule has 0 spiro atoms. The van der Waals surface area contributed by atoms with Crippen LogP contribution in [0.5, 0.6) is 0 Å². The number of benzene rings is 1. The summed E-state index contributed by atoms with van der Waals surface area (Å²) in [6, 6.07) is 5.13. The van der Waals surface area contributed by atoms with Crippen LogP contribution in [0.3, 0.4) is 0 Å². The highest BCUT2D eigenvalue weighted by molar-refractivity contribution is 5.94. The lowest BCUT2D eigenvalue weighted by atomic mass is 9.90. The molecule has 0 aliphatic heterocycles. The predicted molar refractivity (Wildman–Crippen MR) is 73.5 cm³/mol. The van der Waals surface area contributed by atoms with E-state index in [0.29, 0.717) is 11.1 Å². The molecule has 2 N–H and O–H groups in total. The van der Waals surface area contributed by atoms with E-state index in [9.17, 15) is 9.18 Å². The minimum Gasteiger partial charge on any atom is -0.339 e. The summed E-state index contributed by atoms with van der Waals surface area (Å²) in [6.07, 6.45) is 3.75. The molecule has 0 aromatic heterocycles. The van der Waals surface area contributed by atoms with E-state index < -0.39 is 0 Å². The van der Waals surface area contributed by atoms with Crippen LogP contribution in [0.1, 0.15) is 41.6 Å². The average molecular weight is 264 g/mol. The van der Waals surface area contributed by atoms with Crippen molar-refractivity contribution in [1.29, 1.82) is 0 Å². The van der Waals surface area contributed by atoms with Crippen molar-refractivity contribution >= 4 is 5.91 Å². The van der Waals surface area contributed by atoms with Crippen molar-refractivity contribution in [1.82, 2.24) is 4.90 Å². The first-order valence-electron chi connectivity index (χ1n) is 6.78. The third-order valence-electron chi connectivity index (χ3n) is 4.03. The van der Waals surface area contributed by atoms with E-state index in [-0.39, 0.29) is 23.8 Å². The number of hydrogen-bond donors (Lipinski definition) is 1. The zero-order chi connectivity index (χ0) is 14.0. The fraction of sp³-hybridized carbons (Fsp3) is 0.533. The second-order valence-electron chi connectivity index (χ2n) is 5.45. The largest absolute Gasteiger partial charge is 0.339 e. The summed E-state index contributed by atoms with van der Waals surface area (Å²) in [5.74, 6) is -0.440. The van der Waals surface area contributed by atoms with Gasteiger partial charge >= 0.3 is 0 Å². The van der Waals surface area contributed by atoms with Crippen LogP contribution < -0.4 is 5.73 Å². The Balaban J connectivity index is 2.08. The molecule has 104 valence electrons. The van der Waals surface area contributed by atoms with Crippen molar-refractivity contribution in [2.45, 2.75) is 44.7 Å². The fourth-order valence-corrected chi connectivity index (χ4v) is 2.58. The van der Waals surface area contributed by atoms with Gasteiger partial charge in [-0.05, 0) is 50.3 Å². The van der Waals surface area contributed by atoms with Crippen LogP contribution in [-0.4, -0.2) is 29.9 Å². The Morgan fingerprint density at radius 2 is 1.95 bits per heavy atom. The maximum atomic E-state index is 13.5. The van der Waals surface area contributed by atoms with Gasteiger partial charge < -0.3 is 10.6 Å². The van der Waals surface area contributed by atoms with Crippen molar-refractivity contribution in [3.8, 4) is 0 Å². The van der Waals surface area contributed by atoms with Gasteiger partial charge in [-0.15, -0.1) is 0 Å². The Kier molecular flexibility index (Phi) is 4.20. The maximum Gasteiger partial charge on any atom is 0.253 e. The topological polar surface area (TPSA) is 46.3 Å². The van der Waals surface area contributed by atoms with Gasteiger partial charge in [-0.3, -0.25) is 4.79 Å². The van der Waals surface area contributed by atoms with Gasteiger partial charge in [-0.25, -0.2) is 4.39 Å². The molecule has 2 rings (SSSR count). The zero-order valence-electron chi connectivity index (χ0n) is 11.5. The standard InChI is InChI=1S/C15H21FN2O/c1-10-3-4-11(9-14(10)16)15(19)18(2)13-7-5-12(17)6-8-13/h3-4,9,12-13H,5-8,17H2,1-2H3. The molecule has 1 aromatic rings. The highest BCUT2D eigenvalue weighted by atomic mass is 19.1. The highest BCUT2D eigenvalue weighted by Gasteiger charge is 2.25. The molecule has 3 nitrogen and oxygen atoms in total. The molecule has 0 radical (unpaired) electrons. The summed E-state index contributed by atoms with van der Waals surface area (Å²) >= 11 is 0. The lowest BCUT2D eigenvalue weighted by Crippen LogP contribution is -2.41. The van der Waals surface area contributed by atoms with Gasteiger partial charge in [0.2, 0.25) is 0 Å². The van der Waals surface area contributed by atoms with Gasteiger partial charge in [0.15, 0.2) is 0 Å². The van der Waals surface area contributed by atoms with Crippen LogP contribution in [0.15, 0.2) is 18.2 Å². The molecule has 0 heterocycles. The van der Waals surface area contributed by atoms with Crippen LogP contribution in [0.4, 0.5) is 4.39 Å². The van der Waals surface area contributed by atoms with Crippen molar-refractivity contribution < 1.29 is 9.18 Å².